The lowest BCUT2D eigenvalue weighted by atomic mass is 9.77. The number of rotatable bonds is 6. The molecule has 0 radical (unpaired) electrons. The van der Waals surface area contributed by atoms with Gasteiger partial charge in [0.2, 0.25) is 0 Å². The first-order valence-electron chi connectivity index (χ1n) is 12.0. The van der Waals surface area contributed by atoms with Crippen molar-refractivity contribution >= 4 is 5.97 Å². The highest BCUT2D eigenvalue weighted by atomic mass is 16.5. The van der Waals surface area contributed by atoms with E-state index in [0.717, 1.165) is 42.7 Å². The third-order valence-electron chi connectivity index (χ3n) is 8.39. The summed E-state index contributed by atoms with van der Waals surface area (Å²) in [5.74, 6) is 1.40. The van der Waals surface area contributed by atoms with Gasteiger partial charge in [0.1, 0.15) is 18.1 Å². The highest BCUT2D eigenvalue weighted by Gasteiger charge is 2.60. The zero-order valence-corrected chi connectivity index (χ0v) is 19.4. The SMILES string of the molecule is COc1ccc(COc2ccc3c(c2)[C@@]2(CCC3)C[C@@H]2C(=O)O)cc1[C@@H]1CCCC1(C)C. The first-order chi connectivity index (χ1) is 15.3. The minimum absolute atomic E-state index is 0.167. The number of aliphatic carboxylic acids is 1. The third kappa shape index (κ3) is 3.58. The molecule has 0 saturated heterocycles. The van der Waals surface area contributed by atoms with Gasteiger partial charge in [0.15, 0.2) is 0 Å². The Morgan fingerprint density at radius 3 is 2.66 bits per heavy atom. The molecule has 4 heteroatoms. The lowest BCUT2D eigenvalue weighted by Gasteiger charge is -2.29. The Balaban J connectivity index is 1.36. The second-order valence-corrected chi connectivity index (χ2v) is 10.7. The highest BCUT2D eigenvalue weighted by molar-refractivity contribution is 5.78. The van der Waals surface area contributed by atoms with E-state index < -0.39 is 5.97 Å². The summed E-state index contributed by atoms with van der Waals surface area (Å²) < 4.78 is 11.9. The van der Waals surface area contributed by atoms with Gasteiger partial charge in [-0.2, -0.15) is 0 Å². The van der Waals surface area contributed by atoms with E-state index in [1.807, 2.05) is 6.07 Å². The van der Waals surface area contributed by atoms with Crippen molar-refractivity contribution in [1.29, 1.82) is 0 Å². The molecule has 3 aliphatic rings. The fourth-order valence-corrected chi connectivity index (χ4v) is 6.47. The summed E-state index contributed by atoms with van der Waals surface area (Å²) >= 11 is 0. The number of hydrogen-bond donors (Lipinski definition) is 1. The van der Waals surface area contributed by atoms with Crippen molar-refractivity contribution in [2.75, 3.05) is 7.11 Å². The lowest BCUT2D eigenvalue weighted by Crippen LogP contribution is -2.21. The second-order valence-electron chi connectivity index (χ2n) is 10.7. The molecular weight excluding hydrogens is 400 g/mol. The van der Waals surface area contributed by atoms with E-state index in [1.165, 1.54) is 36.0 Å². The lowest BCUT2D eigenvalue weighted by molar-refractivity contribution is -0.139. The Bertz CT molecular complexity index is 1040. The number of hydrogen-bond acceptors (Lipinski definition) is 3. The smallest absolute Gasteiger partial charge is 0.307 e. The Kier molecular flexibility index (Phi) is 5.22. The van der Waals surface area contributed by atoms with Gasteiger partial charge in [-0.1, -0.05) is 32.4 Å². The molecule has 0 amide bonds. The third-order valence-corrected chi connectivity index (χ3v) is 8.39. The van der Waals surface area contributed by atoms with E-state index in [1.54, 1.807) is 7.11 Å². The maximum absolute atomic E-state index is 11.6. The summed E-state index contributed by atoms with van der Waals surface area (Å²) in [7, 11) is 1.75. The summed E-state index contributed by atoms with van der Waals surface area (Å²) in [5.41, 5.74) is 5.05. The van der Waals surface area contributed by atoms with Gasteiger partial charge in [-0.05, 0) is 96.4 Å². The highest BCUT2D eigenvalue weighted by Crippen LogP contribution is 2.60. The van der Waals surface area contributed by atoms with Gasteiger partial charge in [0, 0.05) is 5.41 Å². The van der Waals surface area contributed by atoms with Gasteiger partial charge in [-0.25, -0.2) is 0 Å². The molecule has 0 heterocycles. The molecule has 0 aliphatic heterocycles. The van der Waals surface area contributed by atoms with Crippen molar-refractivity contribution in [2.45, 2.75) is 76.7 Å². The number of carboxylic acids is 1. The molecule has 2 aromatic rings. The van der Waals surface area contributed by atoms with Crippen LogP contribution in [0.4, 0.5) is 0 Å². The molecule has 3 atom stereocenters. The van der Waals surface area contributed by atoms with Crippen molar-refractivity contribution in [1.82, 2.24) is 0 Å². The molecule has 2 aromatic carbocycles. The number of fused-ring (bicyclic) bond motifs is 2. The fourth-order valence-electron chi connectivity index (χ4n) is 6.47. The Morgan fingerprint density at radius 1 is 1.12 bits per heavy atom. The van der Waals surface area contributed by atoms with Gasteiger partial charge >= 0.3 is 5.97 Å². The van der Waals surface area contributed by atoms with Crippen LogP contribution in [0.15, 0.2) is 36.4 Å². The zero-order chi connectivity index (χ0) is 22.5. The minimum Gasteiger partial charge on any atom is -0.496 e. The standard InChI is InChI=1S/C28H34O4/c1-27(2)12-5-7-22(27)21-14-18(8-11-25(21)31-3)17-32-20-10-9-19-6-4-13-28(23(19)15-20)16-24(28)26(29)30/h8-11,14-15,22,24H,4-7,12-13,16-17H2,1-3H3,(H,29,30)/t22-,24+,28+/m0/s1. The van der Waals surface area contributed by atoms with Gasteiger partial charge in [-0.15, -0.1) is 0 Å². The second kappa shape index (κ2) is 7.83. The van der Waals surface area contributed by atoms with E-state index in [9.17, 15) is 9.90 Å². The topological polar surface area (TPSA) is 55.8 Å². The van der Waals surface area contributed by atoms with Crippen LogP contribution >= 0.6 is 0 Å². The summed E-state index contributed by atoms with van der Waals surface area (Å²) in [6.45, 7) is 5.22. The van der Waals surface area contributed by atoms with Crippen molar-refractivity contribution in [2.24, 2.45) is 11.3 Å². The van der Waals surface area contributed by atoms with E-state index >= 15 is 0 Å². The van der Waals surface area contributed by atoms with Crippen LogP contribution in [0.1, 0.15) is 80.5 Å². The monoisotopic (exact) mass is 434 g/mol. The largest absolute Gasteiger partial charge is 0.496 e. The molecule has 0 unspecified atom stereocenters. The number of carbonyl (C=O) groups is 1. The van der Waals surface area contributed by atoms with Gasteiger partial charge in [0.05, 0.1) is 13.0 Å². The summed E-state index contributed by atoms with van der Waals surface area (Å²) in [6, 6.07) is 12.7. The molecule has 0 aromatic heterocycles. The van der Waals surface area contributed by atoms with Crippen molar-refractivity contribution in [3.05, 3.63) is 58.7 Å². The summed E-state index contributed by atoms with van der Waals surface area (Å²) in [4.78, 5) is 11.6. The normalized spacial score (nSPS) is 27.7. The van der Waals surface area contributed by atoms with Crippen molar-refractivity contribution in [3.63, 3.8) is 0 Å². The van der Waals surface area contributed by atoms with E-state index in [4.69, 9.17) is 9.47 Å². The zero-order valence-electron chi connectivity index (χ0n) is 19.4. The van der Waals surface area contributed by atoms with Crippen LogP contribution in [0.25, 0.3) is 0 Å². The molecule has 4 nitrogen and oxygen atoms in total. The number of methoxy groups -OCH3 is 1. The maximum atomic E-state index is 11.6. The van der Waals surface area contributed by atoms with Crippen LogP contribution in [0, 0.1) is 11.3 Å². The molecule has 32 heavy (non-hydrogen) atoms. The van der Waals surface area contributed by atoms with Crippen LogP contribution in [0.3, 0.4) is 0 Å². The van der Waals surface area contributed by atoms with E-state index in [0.29, 0.717) is 12.5 Å². The van der Waals surface area contributed by atoms with Gasteiger partial charge < -0.3 is 14.6 Å². The summed E-state index contributed by atoms with van der Waals surface area (Å²) in [6.07, 6.45) is 7.54. The van der Waals surface area contributed by atoms with Crippen molar-refractivity contribution < 1.29 is 19.4 Å². The predicted octanol–water partition coefficient (Wildman–Crippen LogP) is 6.25. The van der Waals surface area contributed by atoms with E-state index in [-0.39, 0.29) is 16.7 Å². The predicted molar refractivity (Wildman–Crippen MR) is 124 cm³/mol. The van der Waals surface area contributed by atoms with Crippen LogP contribution in [0.2, 0.25) is 0 Å². The fraction of sp³-hybridized carbons (Fsp3) is 0.536. The Hall–Kier alpha value is -2.49. The van der Waals surface area contributed by atoms with Crippen LogP contribution < -0.4 is 9.47 Å². The number of benzene rings is 2. The molecule has 1 N–H and O–H groups in total. The minimum atomic E-state index is -0.662. The van der Waals surface area contributed by atoms with E-state index in [2.05, 4.69) is 44.2 Å². The summed E-state index contributed by atoms with van der Waals surface area (Å²) in [5, 5.41) is 9.57. The molecule has 170 valence electrons. The average Bonchev–Trinajstić information content (AvgIpc) is 3.39. The Morgan fingerprint density at radius 2 is 1.97 bits per heavy atom. The first kappa shape index (κ1) is 21.4. The first-order valence-corrected chi connectivity index (χ1v) is 12.0. The van der Waals surface area contributed by atoms with Crippen LogP contribution in [-0.2, 0) is 23.2 Å². The molecule has 2 saturated carbocycles. The van der Waals surface area contributed by atoms with Gasteiger partial charge in [0.25, 0.3) is 0 Å². The van der Waals surface area contributed by atoms with Crippen LogP contribution in [-0.4, -0.2) is 18.2 Å². The molecule has 3 aliphatic carbocycles. The molecule has 1 spiro atoms. The maximum Gasteiger partial charge on any atom is 0.307 e. The number of aryl methyl sites for hydroxylation is 1. The van der Waals surface area contributed by atoms with Gasteiger partial charge in [-0.3, -0.25) is 4.79 Å². The van der Waals surface area contributed by atoms with Crippen molar-refractivity contribution in [3.8, 4) is 11.5 Å². The average molecular weight is 435 g/mol. The molecule has 5 rings (SSSR count). The number of ether oxygens (including phenoxy) is 2. The molecule has 2 fully saturated rings. The molecular formula is C28H34O4. The quantitative estimate of drug-likeness (QED) is 0.584. The van der Waals surface area contributed by atoms with Crippen LogP contribution in [0.5, 0.6) is 11.5 Å². The Labute approximate surface area is 190 Å². The molecule has 0 bridgehead atoms. The number of carboxylic acid groups (broad SMARTS) is 1.